The number of carbonyl (C=O) groups excluding carboxylic acids is 2. The summed E-state index contributed by atoms with van der Waals surface area (Å²) in [5, 5.41) is 13.0. The first-order valence-electron chi connectivity index (χ1n) is 9.96. The number of hydrogen-bond donors (Lipinski definition) is 1. The highest BCUT2D eigenvalue weighted by molar-refractivity contribution is 7.22. The van der Waals surface area contributed by atoms with Crippen molar-refractivity contribution >= 4 is 49.7 Å². The Kier molecular flexibility index (Phi) is 5.35. The summed E-state index contributed by atoms with van der Waals surface area (Å²) < 4.78 is 11.6. The molecule has 0 spiro atoms. The maximum Gasteiger partial charge on any atom is 0.296 e. The Labute approximate surface area is 197 Å². The predicted molar refractivity (Wildman–Crippen MR) is 128 cm³/mol. The number of nitrogens with zero attached hydrogens (tertiary/aromatic N) is 2. The van der Waals surface area contributed by atoms with E-state index in [-0.39, 0.29) is 5.57 Å². The third kappa shape index (κ3) is 3.46. The van der Waals surface area contributed by atoms with Crippen LogP contribution in [0.4, 0.5) is 5.13 Å². The van der Waals surface area contributed by atoms with Gasteiger partial charge in [0.1, 0.15) is 17.5 Å². The normalized spacial score (nSPS) is 16.0. The van der Waals surface area contributed by atoms with E-state index in [1.54, 1.807) is 61.0 Å². The summed E-state index contributed by atoms with van der Waals surface area (Å²) in [5.41, 5.74) is 1.26. The van der Waals surface area contributed by atoms with Gasteiger partial charge in [0.2, 0.25) is 5.78 Å². The Morgan fingerprint density at radius 3 is 2.64 bits per heavy atom. The fourth-order valence-electron chi connectivity index (χ4n) is 3.88. The summed E-state index contributed by atoms with van der Waals surface area (Å²) in [6.07, 6.45) is 0. The summed E-state index contributed by atoms with van der Waals surface area (Å²) in [6.45, 7) is 0. The van der Waals surface area contributed by atoms with Crippen molar-refractivity contribution in [3.8, 4) is 11.5 Å². The van der Waals surface area contributed by atoms with E-state index >= 15 is 0 Å². The molecule has 0 saturated carbocycles. The molecule has 0 bridgehead atoms. The van der Waals surface area contributed by atoms with Crippen LogP contribution in [0.25, 0.3) is 10.2 Å². The number of methoxy groups -OCH3 is 2. The lowest BCUT2D eigenvalue weighted by Gasteiger charge is -2.25. The molecule has 1 amide bonds. The van der Waals surface area contributed by atoms with Gasteiger partial charge in [-0.3, -0.25) is 14.5 Å². The molecule has 3 heterocycles. The second-order valence-electron chi connectivity index (χ2n) is 7.22. The van der Waals surface area contributed by atoms with E-state index in [1.807, 2.05) is 6.07 Å². The van der Waals surface area contributed by atoms with Crippen LogP contribution in [0.2, 0.25) is 0 Å². The smallest absolute Gasteiger partial charge is 0.296 e. The van der Waals surface area contributed by atoms with Gasteiger partial charge in [0.05, 0.1) is 34.9 Å². The maximum absolute atomic E-state index is 13.4. The van der Waals surface area contributed by atoms with Crippen LogP contribution in [-0.2, 0) is 4.79 Å². The Bertz CT molecular complexity index is 1410. The van der Waals surface area contributed by atoms with Crippen molar-refractivity contribution in [3.05, 3.63) is 81.8 Å². The number of hydrogen-bond acceptors (Lipinski definition) is 8. The molecule has 1 aliphatic rings. The Balaban J connectivity index is 1.70. The molecule has 166 valence electrons. The zero-order valence-corrected chi connectivity index (χ0v) is 19.3. The lowest BCUT2D eigenvalue weighted by molar-refractivity contribution is -0.117. The fourth-order valence-corrected chi connectivity index (χ4v) is 5.58. The van der Waals surface area contributed by atoms with Crippen molar-refractivity contribution < 1.29 is 24.2 Å². The van der Waals surface area contributed by atoms with Crippen molar-refractivity contribution in [2.24, 2.45) is 0 Å². The van der Waals surface area contributed by atoms with E-state index in [4.69, 9.17) is 9.47 Å². The molecule has 33 heavy (non-hydrogen) atoms. The molecular weight excluding hydrogens is 460 g/mol. The first-order valence-corrected chi connectivity index (χ1v) is 11.7. The molecule has 1 atom stereocenters. The van der Waals surface area contributed by atoms with Crippen LogP contribution in [0.15, 0.2) is 71.3 Å². The van der Waals surface area contributed by atoms with Crippen LogP contribution in [0.3, 0.4) is 0 Å². The number of amides is 1. The average molecular weight is 479 g/mol. The van der Waals surface area contributed by atoms with Crippen molar-refractivity contribution in [3.63, 3.8) is 0 Å². The van der Waals surface area contributed by atoms with Gasteiger partial charge in [0.25, 0.3) is 5.91 Å². The largest absolute Gasteiger partial charge is 0.503 e. The first kappa shape index (κ1) is 21.2. The number of ketones is 1. The van der Waals surface area contributed by atoms with Gasteiger partial charge in [-0.05, 0) is 35.7 Å². The molecule has 0 radical (unpaired) electrons. The number of aliphatic hydroxyl groups excluding tert-OH is 1. The van der Waals surface area contributed by atoms with E-state index < -0.39 is 23.5 Å². The second kappa shape index (κ2) is 8.34. The topological polar surface area (TPSA) is 89.0 Å². The number of rotatable bonds is 6. The van der Waals surface area contributed by atoms with E-state index in [0.717, 1.165) is 4.70 Å². The van der Waals surface area contributed by atoms with Crippen molar-refractivity contribution in [2.75, 3.05) is 19.1 Å². The zero-order valence-electron chi connectivity index (χ0n) is 17.6. The van der Waals surface area contributed by atoms with E-state index in [1.165, 1.54) is 34.7 Å². The molecule has 0 aliphatic carbocycles. The van der Waals surface area contributed by atoms with Gasteiger partial charge in [-0.1, -0.05) is 35.6 Å². The summed E-state index contributed by atoms with van der Waals surface area (Å²) in [4.78, 5) is 33.2. The number of aliphatic hydroxyl groups is 1. The summed E-state index contributed by atoms with van der Waals surface area (Å²) in [5.74, 6) is -0.509. The quantitative estimate of drug-likeness (QED) is 0.385. The molecule has 2 aromatic carbocycles. The monoisotopic (exact) mass is 478 g/mol. The Morgan fingerprint density at radius 2 is 1.91 bits per heavy atom. The number of benzene rings is 2. The molecule has 4 aromatic rings. The van der Waals surface area contributed by atoms with Gasteiger partial charge in [-0.25, -0.2) is 4.98 Å². The third-order valence-corrected chi connectivity index (χ3v) is 7.31. The third-order valence-electron chi connectivity index (χ3n) is 5.42. The predicted octanol–water partition coefficient (Wildman–Crippen LogP) is 5.16. The van der Waals surface area contributed by atoms with Gasteiger partial charge in [0, 0.05) is 5.56 Å². The molecule has 1 unspecified atom stereocenters. The molecule has 5 rings (SSSR count). The SMILES string of the molecule is COc1ccc2nc(N3C(=O)C(O)=C(C(=O)c4cccs4)C3c3ccccc3OC)sc2c1. The van der Waals surface area contributed by atoms with Crippen molar-refractivity contribution in [1.29, 1.82) is 0 Å². The Hall–Kier alpha value is -3.69. The maximum atomic E-state index is 13.4. The van der Waals surface area contributed by atoms with Crippen LogP contribution >= 0.6 is 22.7 Å². The molecule has 0 fully saturated rings. The number of Topliss-reactive ketones (excluding diaryl/α,β-unsaturated/α-hetero) is 1. The van der Waals surface area contributed by atoms with Gasteiger partial charge in [-0.2, -0.15) is 0 Å². The van der Waals surface area contributed by atoms with Gasteiger partial charge in [0.15, 0.2) is 10.9 Å². The summed E-state index contributed by atoms with van der Waals surface area (Å²) >= 11 is 2.53. The average Bonchev–Trinajstić information content (AvgIpc) is 3.57. The highest BCUT2D eigenvalue weighted by Crippen LogP contribution is 2.46. The van der Waals surface area contributed by atoms with Crippen LogP contribution in [0.5, 0.6) is 11.5 Å². The minimum absolute atomic E-state index is 0.00351. The standard InChI is InChI=1S/C24H18N2O5S2/c1-30-13-9-10-15-18(12-13)33-24(25-15)26-20(14-6-3-4-7-16(14)31-2)19(22(28)23(26)29)21(27)17-8-5-11-32-17/h3-12,20,28H,1-2H3. The molecule has 0 saturated heterocycles. The number of aromatic nitrogens is 1. The number of ether oxygens (including phenoxy) is 2. The van der Waals surface area contributed by atoms with Crippen LogP contribution in [0, 0.1) is 0 Å². The number of anilines is 1. The van der Waals surface area contributed by atoms with Gasteiger partial charge < -0.3 is 14.6 Å². The molecule has 1 aliphatic heterocycles. The highest BCUT2D eigenvalue weighted by atomic mass is 32.1. The number of thiazole rings is 1. The lowest BCUT2D eigenvalue weighted by atomic mass is 9.95. The van der Waals surface area contributed by atoms with Crippen molar-refractivity contribution in [2.45, 2.75) is 6.04 Å². The van der Waals surface area contributed by atoms with E-state index in [9.17, 15) is 14.7 Å². The summed E-state index contributed by atoms with van der Waals surface area (Å²) in [7, 11) is 3.10. The van der Waals surface area contributed by atoms with E-state index in [0.29, 0.717) is 32.6 Å². The summed E-state index contributed by atoms with van der Waals surface area (Å²) in [6, 6.07) is 15.1. The lowest BCUT2D eigenvalue weighted by Crippen LogP contribution is -2.31. The molecule has 1 N–H and O–H groups in total. The Morgan fingerprint density at radius 1 is 1.09 bits per heavy atom. The number of fused-ring (bicyclic) bond motifs is 1. The molecular formula is C24H18N2O5S2. The van der Waals surface area contributed by atoms with E-state index in [2.05, 4.69) is 4.98 Å². The van der Waals surface area contributed by atoms with Crippen LogP contribution in [0.1, 0.15) is 21.3 Å². The number of thiophene rings is 1. The van der Waals surface area contributed by atoms with Crippen molar-refractivity contribution in [1.82, 2.24) is 4.98 Å². The number of carbonyl (C=O) groups is 2. The first-order chi connectivity index (χ1) is 16.0. The number of para-hydroxylation sites is 1. The highest BCUT2D eigenvalue weighted by Gasteiger charge is 2.47. The molecule has 2 aromatic heterocycles. The van der Waals surface area contributed by atoms with Crippen LogP contribution in [-0.4, -0.2) is 36.0 Å². The fraction of sp³-hybridized carbons (Fsp3) is 0.125. The zero-order chi connectivity index (χ0) is 23.1. The minimum atomic E-state index is -0.897. The minimum Gasteiger partial charge on any atom is -0.503 e. The molecule has 7 nitrogen and oxygen atoms in total. The van der Waals surface area contributed by atoms with Gasteiger partial charge in [-0.15, -0.1) is 11.3 Å². The second-order valence-corrected chi connectivity index (χ2v) is 9.18. The van der Waals surface area contributed by atoms with Gasteiger partial charge >= 0.3 is 0 Å². The molecule has 9 heteroatoms. The van der Waals surface area contributed by atoms with Crippen LogP contribution < -0.4 is 14.4 Å².